The summed E-state index contributed by atoms with van der Waals surface area (Å²) < 4.78 is 7.76. The highest BCUT2D eigenvalue weighted by molar-refractivity contribution is 5.85. The number of amides is 1. The lowest BCUT2D eigenvalue weighted by atomic mass is 10.1. The van der Waals surface area contributed by atoms with Crippen molar-refractivity contribution in [2.75, 3.05) is 41.7 Å². The summed E-state index contributed by atoms with van der Waals surface area (Å²) in [6.07, 6.45) is 7.15. The van der Waals surface area contributed by atoms with Gasteiger partial charge in [0.2, 0.25) is 5.95 Å². The zero-order chi connectivity index (χ0) is 29.8. The minimum atomic E-state index is -0.537. The Morgan fingerprint density at radius 1 is 0.953 bits per heavy atom. The lowest BCUT2D eigenvalue weighted by molar-refractivity contribution is 0.0174. The maximum absolute atomic E-state index is 12.9. The Kier molecular flexibility index (Phi) is 8.35. The fourth-order valence-corrected chi connectivity index (χ4v) is 5.86. The van der Waals surface area contributed by atoms with Crippen molar-refractivity contribution in [3.8, 4) is 0 Å². The molecule has 226 valence electrons. The number of hydrogen-bond donors (Lipinski definition) is 2. The van der Waals surface area contributed by atoms with Crippen molar-refractivity contribution in [2.24, 2.45) is 0 Å². The molecular formula is C33H42N8O2. The summed E-state index contributed by atoms with van der Waals surface area (Å²) in [5, 5.41) is 6.92. The van der Waals surface area contributed by atoms with E-state index in [9.17, 15) is 4.79 Å². The standard InChI is InChI=1S/C33H42N8O2/c1-33(2,3)43-32(42)40-20-10-13-27(22-40)41-23-35-28-29(34-21-24-11-6-4-7-12-24)37-31(38-30(28)41)36-25-14-16-26(17-15-25)39-18-8-5-9-19-39/h4,6-7,11-12,14-17,23,27H,5,8-10,13,18-22H2,1-3H3,(H2,34,36,37,38)/t27-/m0/s1. The first-order valence-corrected chi connectivity index (χ1v) is 15.4. The van der Waals surface area contributed by atoms with Gasteiger partial charge in [-0.3, -0.25) is 0 Å². The fraction of sp³-hybridized carbons (Fsp3) is 0.455. The second kappa shape index (κ2) is 12.5. The van der Waals surface area contributed by atoms with Gasteiger partial charge in [0, 0.05) is 44.1 Å². The molecule has 2 aromatic heterocycles. The second-order valence-electron chi connectivity index (χ2n) is 12.5. The predicted molar refractivity (Wildman–Crippen MR) is 171 cm³/mol. The van der Waals surface area contributed by atoms with Crippen molar-refractivity contribution in [1.29, 1.82) is 0 Å². The van der Waals surface area contributed by atoms with Crippen molar-refractivity contribution in [3.63, 3.8) is 0 Å². The van der Waals surface area contributed by atoms with Crippen LogP contribution in [-0.2, 0) is 11.3 Å². The molecule has 1 amide bonds. The molecule has 1 atom stereocenters. The van der Waals surface area contributed by atoms with Gasteiger partial charge in [0.25, 0.3) is 0 Å². The number of rotatable bonds is 7. The molecule has 4 aromatic rings. The third-order valence-corrected chi connectivity index (χ3v) is 8.01. The van der Waals surface area contributed by atoms with Crippen molar-refractivity contribution in [2.45, 2.75) is 71.1 Å². The van der Waals surface area contributed by atoms with E-state index in [1.165, 1.54) is 24.9 Å². The van der Waals surface area contributed by atoms with E-state index in [1.807, 2.05) is 45.3 Å². The normalized spacial score (nSPS) is 17.6. The number of nitrogens with zero attached hydrogens (tertiary/aromatic N) is 6. The molecule has 10 nitrogen and oxygen atoms in total. The van der Waals surface area contributed by atoms with E-state index in [-0.39, 0.29) is 12.1 Å². The molecule has 6 rings (SSSR count). The molecule has 2 N–H and O–H groups in total. The number of carbonyl (C=O) groups is 1. The number of ether oxygens (including phenoxy) is 1. The maximum atomic E-state index is 12.9. The van der Waals surface area contributed by atoms with Crippen LogP contribution >= 0.6 is 0 Å². The fourth-order valence-electron chi connectivity index (χ4n) is 5.86. The molecule has 10 heteroatoms. The highest BCUT2D eigenvalue weighted by atomic mass is 16.6. The van der Waals surface area contributed by atoms with Crippen molar-refractivity contribution in [1.82, 2.24) is 24.4 Å². The molecule has 2 saturated heterocycles. The summed E-state index contributed by atoms with van der Waals surface area (Å²) in [4.78, 5) is 31.7. The Morgan fingerprint density at radius 3 is 2.47 bits per heavy atom. The van der Waals surface area contributed by atoms with Gasteiger partial charge in [-0.15, -0.1) is 0 Å². The SMILES string of the molecule is CC(C)(C)OC(=O)N1CCC[C@H](n2cnc3c(NCc4ccccc4)nc(Nc4ccc(N5CCCCC5)cc4)nc32)C1. The van der Waals surface area contributed by atoms with Gasteiger partial charge in [0.1, 0.15) is 5.60 Å². The predicted octanol–water partition coefficient (Wildman–Crippen LogP) is 6.74. The topological polar surface area (TPSA) is 100 Å². The van der Waals surface area contributed by atoms with Crippen LogP contribution in [0.15, 0.2) is 60.9 Å². The average Bonchev–Trinajstić information content (AvgIpc) is 3.45. The van der Waals surface area contributed by atoms with Crippen LogP contribution in [0.5, 0.6) is 0 Å². The molecule has 0 aliphatic carbocycles. The minimum absolute atomic E-state index is 0.0276. The number of piperidine rings is 2. The summed E-state index contributed by atoms with van der Waals surface area (Å²) in [6.45, 7) is 9.73. The Bertz CT molecular complexity index is 1520. The highest BCUT2D eigenvalue weighted by Gasteiger charge is 2.30. The quantitative estimate of drug-likeness (QED) is 0.247. The first kappa shape index (κ1) is 28.8. The summed E-state index contributed by atoms with van der Waals surface area (Å²) in [5.41, 5.74) is 4.22. The molecule has 0 unspecified atom stereocenters. The Balaban J connectivity index is 1.28. The summed E-state index contributed by atoms with van der Waals surface area (Å²) in [6, 6.07) is 18.8. The molecule has 2 aliphatic heterocycles. The highest BCUT2D eigenvalue weighted by Crippen LogP contribution is 2.30. The zero-order valence-corrected chi connectivity index (χ0v) is 25.4. The minimum Gasteiger partial charge on any atom is -0.444 e. The zero-order valence-electron chi connectivity index (χ0n) is 25.4. The van der Waals surface area contributed by atoms with Gasteiger partial charge in [-0.25, -0.2) is 9.78 Å². The number of benzene rings is 2. The van der Waals surface area contributed by atoms with Crippen LogP contribution in [0, 0.1) is 0 Å². The number of nitrogens with one attached hydrogen (secondary N) is 2. The largest absolute Gasteiger partial charge is 0.444 e. The first-order valence-electron chi connectivity index (χ1n) is 15.4. The number of fused-ring (bicyclic) bond motifs is 1. The molecule has 0 saturated carbocycles. The van der Waals surface area contributed by atoms with E-state index < -0.39 is 5.60 Å². The number of aromatic nitrogens is 4. The lowest BCUT2D eigenvalue weighted by Crippen LogP contribution is -2.43. The smallest absolute Gasteiger partial charge is 0.410 e. The number of imidazole rings is 1. The molecular weight excluding hydrogens is 540 g/mol. The summed E-state index contributed by atoms with van der Waals surface area (Å²) >= 11 is 0. The van der Waals surface area contributed by atoms with Crippen LogP contribution in [-0.4, -0.2) is 62.3 Å². The van der Waals surface area contributed by atoms with Crippen LogP contribution < -0.4 is 15.5 Å². The number of carbonyl (C=O) groups excluding carboxylic acids is 1. The van der Waals surface area contributed by atoms with E-state index in [2.05, 4.69) is 56.5 Å². The van der Waals surface area contributed by atoms with Gasteiger partial charge in [0.05, 0.1) is 12.4 Å². The second-order valence-corrected chi connectivity index (χ2v) is 12.5. The number of likely N-dealkylation sites (tertiary alicyclic amines) is 1. The van der Waals surface area contributed by atoms with E-state index >= 15 is 0 Å². The molecule has 43 heavy (non-hydrogen) atoms. The number of anilines is 4. The first-order chi connectivity index (χ1) is 20.8. The molecule has 2 fully saturated rings. The Hall–Kier alpha value is -4.34. The van der Waals surface area contributed by atoms with E-state index in [4.69, 9.17) is 19.7 Å². The van der Waals surface area contributed by atoms with E-state index in [1.54, 1.807) is 4.90 Å². The molecule has 0 bridgehead atoms. The molecule has 0 spiro atoms. The van der Waals surface area contributed by atoms with Gasteiger partial charge in [-0.1, -0.05) is 30.3 Å². The van der Waals surface area contributed by atoms with E-state index in [0.717, 1.165) is 42.8 Å². The lowest BCUT2D eigenvalue weighted by Gasteiger charge is -2.34. The van der Waals surface area contributed by atoms with Crippen LogP contribution in [0.1, 0.15) is 64.5 Å². The van der Waals surface area contributed by atoms with Crippen LogP contribution in [0.4, 0.5) is 27.9 Å². The molecule has 2 aromatic carbocycles. The maximum Gasteiger partial charge on any atom is 0.410 e. The molecule has 2 aliphatic rings. The van der Waals surface area contributed by atoms with Gasteiger partial charge < -0.3 is 29.7 Å². The van der Waals surface area contributed by atoms with Gasteiger partial charge in [-0.2, -0.15) is 9.97 Å². The van der Waals surface area contributed by atoms with Crippen LogP contribution in [0.2, 0.25) is 0 Å². The number of hydrogen-bond acceptors (Lipinski definition) is 8. The monoisotopic (exact) mass is 582 g/mol. The van der Waals surface area contributed by atoms with Gasteiger partial charge in [-0.05, 0) is 82.7 Å². The third-order valence-electron chi connectivity index (χ3n) is 8.01. The molecule has 4 heterocycles. The van der Waals surface area contributed by atoms with Crippen molar-refractivity contribution >= 4 is 40.4 Å². The molecule has 0 radical (unpaired) electrons. The van der Waals surface area contributed by atoms with Crippen LogP contribution in [0.3, 0.4) is 0 Å². The van der Waals surface area contributed by atoms with Gasteiger partial charge in [0.15, 0.2) is 17.0 Å². The van der Waals surface area contributed by atoms with E-state index in [0.29, 0.717) is 36.9 Å². The average molecular weight is 583 g/mol. The van der Waals surface area contributed by atoms with Crippen LogP contribution in [0.25, 0.3) is 11.2 Å². The van der Waals surface area contributed by atoms with Crippen molar-refractivity contribution in [3.05, 3.63) is 66.5 Å². The third kappa shape index (κ3) is 7.01. The Labute approximate surface area is 253 Å². The summed E-state index contributed by atoms with van der Waals surface area (Å²) in [5.74, 6) is 1.16. The summed E-state index contributed by atoms with van der Waals surface area (Å²) in [7, 11) is 0. The van der Waals surface area contributed by atoms with Crippen molar-refractivity contribution < 1.29 is 9.53 Å². The Morgan fingerprint density at radius 2 is 1.72 bits per heavy atom. The van der Waals surface area contributed by atoms with Gasteiger partial charge >= 0.3 is 6.09 Å².